The fraction of sp³-hybridized carbons (Fsp3) is 0.409. The van der Waals surface area contributed by atoms with Crippen molar-refractivity contribution >= 4 is 5.78 Å². The molecule has 1 fully saturated rings. The van der Waals surface area contributed by atoms with Crippen LogP contribution in [0.5, 0.6) is 23.0 Å². The van der Waals surface area contributed by atoms with Gasteiger partial charge < -0.3 is 49.6 Å². The highest BCUT2D eigenvalue weighted by molar-refractivity contribution is 6.05. The summed E-state index contributed by atoms with van der Waals surface area (Å²) in [4.78, 5) is 12.9. The van der Waals surface area contributed by atoms with E-state index < -0.39 is 55.3 Å². The van der Waals surface area contributed by atoms with Crippen LogP contribution in [0.1, 0.15) is 22.0 Å². The zero-order valence-corrected chi connectivity index (χ0v) is 17.4. The van der Waals surface area contributed by atoms with E-state index in [9.17, 15) is 35.4 Å². The van der Waals surface area contributed by atoms with Crippen molar-refractivity contribution in [2.45, 2.75) is 42.9 Å². The average Bonchev–Trinajstić information content (AvgIpc) is 2.81. The van der Waals surface area contributed by atoms with Crippen LogP contribution in [0.2, 0.25) is 0 Å². The molecule has 7 unspecified atom stereocenters. The first-order valence-electron chi connectivity index (χ1n) is 10.1. The van der Waals surface area contributed by atoms with E-state index in [-0.39, 0.29) is 28.6 Å². The van der Waals surface area contributed by atoms with Gasteiger partial charge in [0, 0.05) is 12.1 Å². The van der Waals surface area contributed by atoms with Crippen LogP contribution in [0, 0.1) is 0 Å². The molecule has 0 saturated carbocycles. The summed E-state index contributed by atoms with van der Waals surface area (Å²) in [6.07, 6.45) is -10.0. The number of hydrogen-bond donors (Lipinski definition) is 6. The second-order valence-corrected chi connectivity index (χ2v) is 7.75. The third-order valence-electron chi connectivity index (χ3n) is 5.64. The normalized spacial score (nSPS) is 31.5. The van der Waals surface area contributed by atoms with Gasteiger partial charge in [-0.25, -0.2) is 0 Å². The van der Waals surface area contributed by atoms with Crippen LogP contribution in [-0.4, -0.2) is 86.9 Å². The van der Waals surface area contributed by atoms with Gasteiger partial charge in [0.1, 0.15) is 53.0 Å². The molecule has 0 bridgehead atoms. The van der Waals surface area contributed by atoms with Crippen molar-refractivity contribution in [3.63, 3.8) is 0 Å². The number of methoxy groups -OCH3 is 1. The maximum atomic E-state index is 12.9. The Labute approximate surface area is 188 Å². The number of aliphatic hydroxyl groups is 5. The number of Topliss-reactive ketones (excluding diaryl/α,β-unsaturated/α-hetero) is 1. The molecule has 2 aliphatic heterocycles. The van der Waals surface area contributed by atoms with E-state index in [1.54, 1.807) is 0 Å². The summed E-state index contributed by atoms with van der Waals surface area (Å²) in [6, 6.07) is 8.45. The van der Waals surface area contributed by atoms with Crippen molar-refractivity contribution in [1.29, 1.82) is 0 Å². The van der Waals surface area contributed by atoms with Crippen LogP contribution in [0.25, 0.3) is 0 Å². The zero-order valence-electron chi connectivity index (χ0n) is 17.4. The third kappa shape index (κ3) is 4.22. The van der Waals surface area contributed by atoms with Crippen molar-refractivity contribution in [3.05, 3.63) is 47.5 Å². The van der Waals surface area contributed by atoms with Gasteiger partial charge in [0.15, 0.2) is 12.2 Å². The van der Waals surface area contributed by atoms with E-state index in [2.05, 4.69) is 0 Å². The maximum Gasteiger partial charge on any atom is 0.229 e. The highest BCUT2D eigenvalue weighted by Gasteiger charge is 2.45. The lowest BCUT2D eigenvalue weighted by molar-refractivity contribution is -0.277. The van der Waals surface area contributed by atoms with E-state index in [4.69, 9.17) is 18.9 Å². The Balaban J connectivity index is 1.66. The average molecular weight is 464 g/mol. The standard InChI is InChI=1S/C22H24O11/c1-30-12-6-11(31-22-20(29)18(27)16(25)14(8-23)33-22)7-13-15(12)17(26)19(28)21(32-13)9-2-4-10(24)5-3-9/h2-7,14,16,18-25,27-29H,8H2,1H3. The number of aliphatic hydroxyl groups excluding tert-OH is 5. The first kappa shape index (κ1) is 23.2. The van der Waals surface area contributed by atoms with Gasteiger partial charge in [-0.3, -0.25) is 4.79 Å². The largest absolute Gasteiger partial charge is 0.508 e. The molecule has 33 heavy (non-hydrogen) atoms. The molecular formula is C22H24O11. The molecule has 178 valence electrons. The predicted molar refractivity (Wildman–Crippen MR) is 109 cm³/mol. The van der Waals surface area contributed by atoms with E-state index in [1.807, 2.05) is 0 Å². The summed E-state index contributed by atoms with van der Waals surface area (Å²) in [5.41, 5.74) is 0.430. The van der Waals surface area contributed by atoms with Crippen LogP contribution in [0.15, 0.2) is 36.4 Å². The Morgan fingerprint density at radius 1 is 1.00 bits per heavy atom. The molecule has 6 N–H and O–H groups in total. The zero-order chi connectivity index (χ0) is 23.9. The number of carbonyl (C=O) groups excluding carboxylic acids is 1. The van der Waals surface area contributed by atoms with E-state index in [0.29, 0.717) is 5.56 Å². The summed E-state index contributed by atoms with van der Waals surface area (Å²) in [7, 11) is 1.30. The number of phenolic OH excluding ortho intramolecular Hbond substituents is 1. The topological polar surface area (TPSA) is 175 Å². The highest BCUT2D eigenvalue weighted by atomic mass is 16.7. The summed E-state index contributed by atoms with van der Waals surface area (Å²) in [5, 5.41) is 59.5. The number of benzene rings is 2. The van der Waals surface area contributed by atoms with Gasteiger partial charge in [-0.05, 0) is 17.7 Å². The van der Waals surface area contributed by atoms with Crippen LogP contribution in [-0.2, 0) is 4.74 Å². The van der Waals surface area contributed by atoms with Crippen LogP contribution < -0.4 is 14.2 Å². The van der Waals surface area contributed by atoms with Gasteiger partial charge in [-0.1, -0.05) is 12.1 Å². The number of rotatable bonds is 5. The first-order chi connectivity index (χ1) is 15.7. The van der Waals surface area contributed by atoms with Crippen molar-refractivity contribution in [2.75, 3.05) is 13.7 Å². The van der Waals surface area contributed by atoms with Crippen LogP contribution >= 0.6 is 0 Å². The Hall–Kier alpha value is -2.93. The van der Waals surface area contributed by atoms with Gasteiger partial charge in [0.05, 0.1) is 13.7 Å². The number of phenols is 1. The van der Waals surface area contributed by atoms with Crippen molar-refractivity contribution in [2.24, 2.45) is 0 Å². The minimum atomic E-state index is -1.64. The fourth-order valence-corrected chi connectivity index (χ4v) is 3.83. The molecule has 4 rings (SSSR count). The Morgan fingerprint density at radius 3 is 2.33 bits per heavy atom. The lowest BCUT2D eigenvalue weighted by Gasteiger charge is -2.39. The Bertz CT molecular complexity index is 1010. The highest BCUT2D eigenvalue weighted by Crippen LogP contribution is 2.43. The second kappa shape index (κ2) is 9.14. The third-order valence-corrected chi connectivity index (χ3v) is 5.64. The quantitative estimate of drug-likeness (QED) is 0.329. The molecule has 2 aromatic rings. The molecule has 2 heterocycles. The smallest absolute Gasteiger partial charge is 0.229 e. The summed E-state index contributed by atoms with van der Waals surface area (Å²) >= 11 is 0. The molecule has 0 spiro atoms. The Kier molecular flexibility index (Phi) is 6.43. The molecule has 0 aliphatic carbocycles. The van der Waals surface area contributed by atoms with Crippen LogP contribution in [0.3, 0.4) is 0 Å². The molecule has 11 heteroatoms. The number of aromatic hydroxyl groups is 1. The Morgan fingerprint density at radius 2 is 1.70 bits per heavy atom. The maximum absolute atomic E-state index is 12.9. The van der Waals surface area contributed by atoms with E-state index in [0.717, 1.165) is 0 Å². The fourth-order valence-electron chi connectivity index (χ4n) is 3.83. The predicted octanol–water partition coefficient (Wildman–Crippen LogP) is -0.743. The van der Waals surface area contributed by atoms with Gasteiger partial charge >= 0.3 is 0 Å². The lowest BCUT2D eigenvalue weighted by atomic mass is 9.92. The molecule has 2 aliphatic rings. The minimum absolute atomic E-state index is 0.00709. The summed E-state index contributed by atoms with van der Waals surface area (Å²) < 4.78 is 22.1. The van der Waals surface area contributed by atoms with Gasteiger partial charge in [-0.2, -0.15) is 0 Å². The molecule has 7 atom stereocenters. The van der Waals surface area contributed by atoms with Crippen LogP contribution in [0.4, 0.5) is 0 Å². The van der Waals surface area contributed by atoms with Crippen molar-refractivity contribution in [1.82, 2.24) is 0 Å². The number of hydrogen-bond acceptors (Lipinski definition) is 11. The van der Waals surface area contributed by atoms with Crippen molar-refractivity contribution in [3.8, 4) is 23.0 Å². The molecule has 0 aromatic heterocycles. The second-order valence-electron chi connectivity index (χ2n) is 7.75. The van der Waals surface area contributed by atoms with Crippen molar-refractivity contribution < 1.29 is 54.4 Å². The SMILES string of the molecule is COc1cc(OC2OC(CO)C(O)C(O)C2O)cc2c1C(=O)C(O)C(c1ccc(O)cc1)O2. The summed E-state index contributed by atoms with van der Waals surface area (Å²) in [5.74, 6) is -0.551. The number of carbonyl (C=O) groups is 1. The van der Waals surface area contributed by atoms with Gasteiger partial charge in [0.2, 0.25) is 12.1 Å². The van der Waals surface area contributed by atoms with Gasteiger partial charge in [0.25, 0.3) is 0 Å². The lowest BCUT2D eigenvalue weighted by Crippen LogP contribution is -2.60. The molecule has 11 nitrogen and oxygen atoms in total. The molecule has 0 amide bonds. The number of ketones is 1. The van der Waals surface area contributed by atoms with Gasteiger partial charge in [-0.15, -0.1) is 0 Å². The van der Waals surface area contributed by atoms with E-state index in [1.165, 1.54) is 43.5 Å². The summed E-state index contributed by atoms with van der Waals surface area (Å²) in [6.45, 7) is -0.623. The monoisotopic (exact) mass is 464 g/mol. The number of fused-ring (bicyclic) bond motifs is 1. The number of ether oxygens (including phenoxy) is 4. The first-order valence-corrected chi connectivity index (χ1v) is 10.1. The molecule has 1 saturated heterocycles. The van der Waals surface area contributed by atoms with E-state index >= 15 is 0 Å². The molecular weight excluding hydrogens is 440 g/mol. The minimum Gasteiger partial charge on any atom is -0.508 e. The molecule has 0 radical (unpaired) electrons. The molecule has 2 aromatic carbocycles.